The molecule has 0 radical (unpaired) electrons. The van der Waals surface area contributed by atoms with Crippen molar-refractivity contribution in [3.63, 3.8) is 0 Å². The monoisotopic (exact) mass is 569 g/mol. The van der Waals surface area contributed by atoms with Gasteiger partial charge in [-0.2, -0.15) is 0 Å². The molecule has 5 rings (SSSR count). The summed E-state index contributed by atoms with van der Waals surface area (Å²) in [5.41, 5.74) is 8.69. The van der Waals surface area contributed by atoms with E-state index >= 15 is 0 Å². The van der Waals surface area contributed by atoms with Crippen LogP contribution in [-0.4, -0.2) is 72.3 Å². The van der Waals surface area contributed by atoms with Gasteiger partial charge in [0.2, 0.25) is 16.0 Å². The Kier molecular flexibility index (Phi) is 8.21. The maximum atomic E-state index is 11.9. The number of pyridine rings is 1. The Labute approximate surface area is 228 Å². The Hall–Kier alpha value is -1.60. The van der Waals surface area contributed by atoms with E-state index in [4.69, 9.17) is 27.9 Å². The molecule has 10 nitrogen and oxygen atoms in total. The number of hydrogen-bond acceptors (Lipinski definition) is 9. The second kappa shape index (κ2) is 11.3. The molecule has 3 aliphatic rings. The van der Waals surface area contributed by atoms with Crippen LogP contribution in [0.1, 0.15) is 55.9 Å². The molecule has 5 atom stereocenters. The van der Waals surface area contributed by atoms with Crippen molar-refractivity contribution < 1.29 is 13.2 Å². The SMILES string of the molecule is C[C@@H](OC1CCC2NNC(c3cnc(N4CCCN(S(C)(=O)=O)CC4)nc3)C2C1)c1c(Cl)cncc1Cl. The zero-order valence-corrected chi connectivity index (χ0v) is 23.3. The lowest BCUT2D eigenvalue weighted by Gasteiger charge is -2.34. The smallest absolute Gasteiger partial charge is 0.225 e. The molecule has 2 saturated heterocycles. The largest absolute Gasteiger partial charge is 0.370 e. The van der Waals surface area contributed by atoms with Crippen LogP contribution >= 0.6 is 23.2 Å². The first-order chi connectivity index (χ1) is 17.7. The fourth-order valence-electron chi connectivity index (χ4n) is 5.72. The number of aromatic nitrogens is 3. The quantitative estimate of drug-likeness (QED) is 0.541. The zero-order valence-electron chi connectivity index (χ0n) is 21.0. The highest BCUT2D eigenvalue weighted by Gasteiger charge is 2.42. The van der Waals surface area contributed by atoms with Gasteiger partial charge in [-0.25, -0.2) is 28.1 Å². The molecule has 37 heavy (non-hydrogen) atoms. The highest BCUT2D eigenvalue weighted by atomic mass is 35.5. The van der Waals surface area contributed by atoms with Gasteiger partial charge in [0.15, 0.2) is 0 Å². The summed E-state index contributed by atoms with van der Waals surface area (Å²) in [6, 6.07) is 0.416. The molecule has 2 aromatic rings. The second-order valence-electron chi connectivity index (χ2n) is 10.1. The van der Waals surface area contributed by atoms with E-state index < -0.39 is 10.0 Å². The van der Waals surface area contributed by atoms with E-state index in [0.29, 0.717) is 47.6 Å². The Balaban J connectivity index is 1.23. The van der Waals surface area contributed by atoms with Gasteiger partial charge in [-0.05, 0) is 38.5 Å². The lowest BCUT2D eigenvalue weighted by atomic mass is 9.78. The lowest BCUT2D eigenvalue weighted by molar-refractivity contribution is -0.0370. The van der Waals surface area contributed by atoms with Gasteiger partial charge < -0.3 is 9.64 Å². The van der Waals surface area contributed by atoms with Crippen molar-refractivity contribution in [1.29, 1.82) is 0 Å². The Bertz CT molecular complexity index is 1180. The van der Waals surface area contributed by atoms with E-state index in [2.05, 4.69) is 30.7 Å². The molecule has 0 spiro atoms. The van der Waals surface area contributed by atoms with E-state index in [9.17, 15) is 8.42 Å². The molecule has 0 aromatic carbocycles. The lowest BCUT2D eigenvalue weighted by Crippen LogP contribution is -2.37. The summed E-state index contributed by atoms with van der Waals surface area (Å²) in [6.45, 7) is 4.24. The molecule has 1 aliphatic carbocycles. The summed E-state index contributed by atoms with van der Waals surface area (Å²) in [6.07, 6.45) is 11.6. The summed E-state index contributed by atoms with van der Waals surface area (Å²) in [7, 11) is -3.19. The van der Waals surface area contributed by atoms with Crippen molar-refractivity contribution in [3.8, 4) is 0 Å². The maximum absolute atomic E-state index is 11.9. The maximum Gasteiger partial charge on any atom is 0.225 e. The van der Waals surface area contributed by atoms with Crippen molar-refractivity contribution >= 4 is 39.2 Å². The van der Waals surface area contributed by atoms with Crippen molar-refractivity contribution in [2.75, 3.05) is 37.3 Å². The normalized spacial score (nSPS) is 28.1. The van der Waals surface area contributed by atoms with Gasteiger partial charge in [-0.3, -0.25) is 10.4 Å². The molecule has 4 heterocycles. The first-order valence-corrected chi connectivity index (χ1v) is 15.3. The predicted molar refractivity (Wildman–Crippen MR) is 143 cm³/mol. The minimum atomic E-state index is -3.19. The van der Waals surface area contributed by atoms with Gasteiger partial charge >= 0.3 is 0 Å². The summed E-state index contributed by atoms with van der Waals surface area (Å²) < 4.78 is 31.8. The molecular weight excluding hydrogens is 537 g/mol. The van der Waals surface area contributed by atoms with Crippen LogP contribution in [-0.2, 0) is 14.8 Å². The third-order valence-corrected chi connectivity index (χ3v) is 9.53. The number of fused-ring (bicyclic) bond motifs is 1. The summed E-state index contributed by atoms with van der Waals surface area (Å²) in [5, 5.41) is 1.03. The highest BCUT2D eigenvalue weighted by molar-refractivity contribution is 7.88. The minimum Gasteiger partial charge on any atom is -0.370 e. The first kappa shape index (κ1) is 27.0. The van der Waals surface area contributed by atoms with Crippen LogP contribution in [0.2, 0.25) is 10.0 Å². The minimum absolute atomic E-state index is 0.0683. The summed E-state index contributed by atoms with van der Waals surface area (Å²) in [4.78, 5) is 15.4. The average molecular weight is 571 g/mol. The van der Waals surface area contributed by atoms with Crippen LogP contribution in [0.15, 0.2) is 24.8 Å². The van der Waals surface area contributed by atoms with Crippen molar-refractivity contribution in [3.05, 3.63) is 46.0 Å². The average Bonchev–Trinajstić information content (AvgIpc) is 3.10. The first-order valence-electron chi connectivity index (χ1n) is 12.7. The van der Waals surface area contributed by atoms with E-state index in [1.165, 1.54) is 10.6 Å². The Morgan fingerprint density at radius 2 is 1.76 bits per heavy atom. The van der Waals surface area contributed by atoms with Gasteiger partial charge in [0, 0.05) is 68.1 Å². The molecule has 4 unspecified atom stereocenters. The molecule has 2 aromatic heterocycles. The topological polar surface area (TPSA) is 113 Å². The summed E-state index contributed by atoms with van der Waals surface area (Å²) in [5.74, 6) is 0.955. The number of ether oxygens (including phenoxy) is 1. The Morgan fingerprint density at radius 1 is 1.03 bits per heavy atom. The molecule has 2 N–H and O–H groups in total. The molecule has 2 aliphatic heterocycles. The molecule has 0 bridgehead atoms. The van der Waals surface area contributed by atoms with Crippen LogP contribution in [0, 0.1) is 5.92 Å². The number of halogens is 2. The fraction of sp³-hybridized carbons (Fsp3) is 0.625. The molecule has 0 amide bonds. The van der Waals surface area contributed by atoms with Crippen molar-refractivity contribution in [2.24, 2.45) is 5.92 Å². The third kappa shape index (κ3) is 6.03. The van der Waals surface area contributed by atoms with Gasteiger partial charge in [-0.1, -0.05) is 23.2 Å². The van der Waals surface area contributed by atoms with Gasteiger partial charge in [-0.15, -0.1) is 0 Å². The highest BCUT2D eigenvalue weighted by Crippen LogP contribution is 2.41. The van der Waals surface area contributed by atoms with Gasteiger partial charge in [0.25, 0.3) is 0 Å². The number of nitrogens with one attached hydrogen (secondary N) is 2. The second-order valence-corrected chi connectivity index (χ2v) is 12.9. The fourth-order valence-corrected chi connectivity index (χ4v) is 7.26. The van der Waals surface area contributed by atoms with Gasteiger partial charge in [0.05, 0.1) is 34.6 Å². The zero-order chi connectivity index (χ0) is 26.2. The molecule has 1 saturated carbocycles. The van der Waals surface area contributed by atoms with Crippen LogP contribution in [0.3, 0.4) is 0 Å². The van der Waals surface area contributed by atoms with E-state index in [-0.39, 0.29) is 18.2 Å². The number of anilines is 1. The Morgan fingerprint density at radius 3 is 2.46 bits per heavy atom. The molecule has 202 valence electrons. The number of sulfonamides is 1. The van der Waals surface area contributed by atoms with Crippen molar-refractivity contribution in [2.45, 2.75) is 56.9 Å². The third-order valence-electron chi connectivity index (χ3n) is 7.62. The van der Waals surface area contributed by atoms with E-state index in [0.717, 1.165) is 43.4 Å². The standard InChI is InChI=1S/C24H33Cl2N7O3S/c1-15(22-19(25)13-27-14-20(22)26)36-17-4-5-21-18(10-17)23(31-30-21)16-11-28-24(29-12-16)32-6-3-7-33(9-8-32)37(2,34)35/h11-15,17-18,21,23,30-31H,3-10H2,1-2H3/t15-,17?,18?,21?,23?/m1/s1. The van der Waals surface area contributed by atoms with E-state index in [1.807, 2.05) is 19.3 Å². The van der Waals surface area contributed by atoms with E-state index in [1.54, 1.807) is 12.4 Å². The van der Waals surface area contributed by atoms with Crippen LogP contribution in [0.25, 0.3) is 0 Å². The van der Waals surface area contributed by atoms with Crippen LogP contribution in [0.5, 0.6) is 0 Å². The van der Waals surface area contributed by atoms with Crippen LogP contribution in [0.4, 0.5) is 5.95 Å². The molecular formula is C24H33Cl2N7O3S. The number of nitrogens with zero attached hydrogens (tertiary/aromatic N) is 5. The summed E-state index contributed by atoms with van der Waals surface area (Å²) >= 11 is 12.7. The predicted octanol–water partition coefficient (Wildman–Crippen LogP) is 3.11. The van der Waals surface area contributed by atoms with Crippen molar-refractivity contribution in [1.82, 2.24) is 30.1 Å². The molecule has 3 fully saturated rings. The number of hydrogen-bond donors (Lipinski definition) is 2. The number of rotatable bonds is 6. The van der Waals surface area contributed by atoms with Crippen LogP contribution < -0.4 is 15.8 Å². The number of hydrazine groups is 1. The molecule has 13 heteroatoms. The van der Waals surface area contributed by atoms with Gasteiger partial charge in [0.1, 0.15) is 0 Å².